The van der Waals surface area contributed by atoms with Gasteiger partial charge in [-0.05, 0) is 43.5 Å². The van der Waals surface area contributed by atoms with E-state index in [-0.39, 0.29) is 17.9 Å². The molecule has 2 unspecified atom stereocenters. The highest BCUT2D eigenvalue weighted by Gasteiger charge is 2.25. The zero-order chi connectivity index (χ0) is 15.1. The van der Waals surface area contributed by atoms with Gasteiger partial charge in [0, 0.05) is 23.4 Å². The number of carbonyl (C=O) groups excluding carboxylic acids is 1. The summed E-state index contributed by atoms with van der Waals surface area (Å²) in [4.78, 5) is 11.7. The van der Waals surface area contributed by atoms with Gasteiger partial charge in [-0.2, -0.15) is 0 Å². The molecule has 1 aliphatic carbocycles. The summed E-state index contributed by atoms with van der Waals surface area (Å²) >= 11 is 3.37. The molecule has 0 spiro atoms. The van der Waals surface area contributed by atoms with E-state index in [1.165, 1.54) is 0 Å². The normalized spacial score (nSPS) is 21.2. The predicted molar refractivity (Wildman–Crippen MR) is 85.2 cm³/mol. The van der Waals surface area contributed by atoms with E-state index in [0.717, 1.165) is 29.5 Å². The Hall–Kier alpha value is -1.07. The van der Waals surface area contributed by atoms with E-state index in [1.54, 1.807) is 0 Å². The Bertz CT molecular complexity index is 449. The number of aliphatic hydroxyl groups is 1. The minimum atomic E-state index is -0.244. The van der Waals surface area contributed by atoms with Gasteiger partial charge in [0.05, 0.1) is 12.7 Å². The number of hydrogen-bond donors (Lipinski definition) is 2. The Kier molecular flexibility index (Phi) is 6.51. The van der Waals surface area contributed by atoms with E-state index in [1.807, 2.05) is 24.3 Å². The van der Waals surface area contributed by atoms with Gasteiger partial charge < -0.3 is 15.2 Å². The number of rotatable bonds is 7. The van der Waals surface area contributed by atoms with Crippen LogP contribution in [-0.4, -0.2) is 30.3 Å². The van der Waals surface area contributed by atoms with Gasteiger partial charge in [-0.3, -0.25) is 4.79 Å². The second-order valence-electron chi connectivity index (χ2n) is 5.47. The van der Waals surface area contributed by atoms with Crippen LogP contribution in [0.25, 0.3) is 0 Å². The summed E-state index contributed by atoms with van der Waals surface area (Å²) in [5, 5.41) is 12.6. The molecule has 1 aromatic carbocycles. The van der Waals surface area contributed by atoms with Crippen molar-refractivity contribution < 1.29 is 14.6 Å². The Balaban J connectivity index is 1.55. The molecule has 0 aliphatic heterocycles. The molecule has 2 atom stereocenters. The molecule has 2 rings (SSSR count). The molecule has 21 heavy (non-hydrogen) atoms. The van der Waals surface area contributed by atoms with Crippen LogP contribution in [0.1, 0.15) is 32.1 Å². The number of benzene rings is 1. The zero-order valence-electron chi connectivity index (χ0n) is 12.1. The number of ether oxygens (including phenoxy) is 1. The highest BCUT2D eigenvalue weighted by atomic mass is 79.9. The lowest BCUT2D eigenvalue weighted by Crippen LogP contribution is -2.32. The van der Waals surface area contributed by atoms with Crippen molar-refractivity contribution in [3.63, 3.8) is 0 Å². The van der Waals surface area contributed by atoms with Crippen molar-refractivity contribution in [3.05, 3.63) is 28.7 Å². The molecule has 0 bridgehead atoms. The lowest BCUT2D eigenvalue weighted by molar-refractivity contribution is -0.121. The first kappa shape index (κ1) is 16.3. The van der Waals surface area contributed by atoms with Crippen LogP contribution in [0.4, 0.5) is 0 Å². The third-order valence-corrected chi connectivity index (χ3v) is 4.34. The SMILES string of the molecule is O=C(CCCOc1ccc(Br)cc1)NCC1CCCC1O. The Morgan fingerprint density at radius 2 is 2.10 bits per heavy atom. The van der Waals surface area contributed by atoms with E-state index >= 15 is 0 Å². The van der Waals surface area contributed by atoms with Crippen molar-refractivity contribution in [2.75, 3.05) is 13.2 Å². The third-order valence-electron chi connectivity index (χ3n) is 3.81. The summed E-state index contributed by atoms with van der Waals surface area (Å²) in [6.07, 6.45) is 3.83. The summed E-state index contributed by atoms with van der Waals surface area (Å²) in [5.74, 6) is 1.08. The van der Waals surface area contributed by atoms with E-state index < -0.39 is 0 Å². The average Bonchev–Trinajstić information content (AvgIpc) is 2.89. The number of amides is 1. The van der Waals surface area contributed by atoms with Crippen molar-refractivity contribution in [3.8, 4) is 5.75 Å². The van der Waals surface area contributed by atoms with Crippen molar-refractivity contribution in [1.82, 2.24) is 5.32 Å². The van der Waals surface area contributed by atoms with Gasteiger partial charge in [0.15, 0.2) is 0 Å². The largest absolute Gasteiger partial charge is 0.494 e. The molecule has 116 valence electrons. The van der Waals surface area contributed by atoms with E-state index in [0.29, 0.717) is 26.0 Å². The van der Waals surface area contributed by atoms with Crippen LogP contribution >= 0.6 is 15.9 Å². The minimum absolute atomic E-state index is 0.0357. The number of halogens is 1. The average molecular weight is 356 g/mol. The molecule has 1 aromatic rings. The maximum atomic E-state index is 11.7. The summed E-state index contributed by atoms with van der Waals surface area (Å²) in [5.41, 5.74) is 0. The van der Waals surface area contributed by atoms with Gasteiger partial charge in [0.25, 0.3) is 0 Å². The molecular formula is C16H22BrNO3. The molecule has 0 radical (unpaired) electrons. The summed E-state index contributed by atoms with van der Waals surface area (Å²) in [6.45, 7) is 1.12. The van der Waals surface area contributed by atoms with Crippen molar-refractivity contribution >= 4 is 21.8 Å². The van der Waals surface area contributed by atoms with Gasteiger partial charge in [-0.25, -0.2) is 0 Å². The fraction of sp³-hybridized carbons (Fsp3) is 0.562. The number of aliphatic hydroxyl groups excluding tert-OH is 1. The predicted octanol–water partition coefficient (Wildman–Crippen LogP) is 2.89. The van der Waals surface area contributed by atoms with Gasteiger partial charge in [0.1, 0.15) is 5.75 Å². The first-order chi connectivity index (χ1) is 10.1. The molecule has 1 aliphatic rings. The van der Waals surface area contributed by atoms with Gasteiger partial charge in [0.2, 0.25) is 5.91 Å². The summed E-state index contributed by atoms with van der Waals surface area (Å²) in [6, 6.07) is 7.64. The molecule has 1 fully saturated rings. The first-order valence-corrected chi connectivity index (χ1v) is 8.27. The second-order valence-corrected chi connectivity index (χ2v) is 6.38. The van der Waals surface area contributed by atoms with Crippen molar-refractivity contribution in [2.45, 2.75) is 38.2 Å². The summed E-state index contributed by atoms with van der Waals surface area (Å²) < 4.78 is 6.58. The smallest absolute Gasteiger partial charge is 0.220 e. The zero-order valence-corrected chi connectivity index (χ0v) is 13.6. The van der Waals surface area contributed by atoms with E-state index in [4.69, 9.17) is 4.74 Å². The lowest BCUT2D eigenvalue weighted by atomic mass is 10.1. The van der Waals surface area contributed by atoms with Crippen LogP contribution in [0.2, 0.25) is 0 Å². The molecule has 1 saturated carbocycles. The van der Waals surface area contributed by atoms with Gasteiger partial charge in [-0.1, -0.05) is 22.4 Å². The molecule has 0 aromatic heterocycles. The molecule has 5 heteroatoms. The van der Waals surface area contributed by atoms with Gasteiger partial charge in [-0.15, -0.1) is 0 Å². The fourth-order valence-corrected chi connectivity index (χ4v) is 2.81. The fourth-order valence-electron chi connectivity index (χ4n) is 2.54. The van der Waals surface area contributed by atoms with Crippen LogP contribution < -0.4 is 10.1 Å². The maximum absolute atomic E-state index is 11.7. The van der Waals surface area contributed by atoms with Crippen molar-refractivity contribution in [2.24, 2.45) is 5.92 Å². The number of carbonyl (C=O) groups is 1. The molecule has 2 N–H and O–H groups in total. The lowest BCUT2D eigenvalue weighted by Gasteiger charge is -2.15. The standard InChI is InChI=1S/C16H22BrNO3/c17-13-6-8-14(9-7-13)21-10-2-5-16(20)18-11-12-3-1-4-15(12)19/h6-9,12,15,19H,1-5,10-11H2,(H,18,20). The van der Waals surface area contributed by atoms with Crippen molar-refractivity contribution in [1.29, 1.82) is 0 Å². The quantitative estimate of drug-likeness (QED) is 0.739. The Morgan fingerprint density at radius 1 is 1.33 bits per heavy atom. The maximum Gasteiger partial charge on any atom is 0.220 e. The topological polar surface area (TPSA) is 58.6 Å². The Labute approximate surface area is 134 Å². The van der Waals surface area contributed by atoms with E-state index in [9.17, 15) is 9.90 Å². The van der Waals surface area contributed by atoms with E-state index in [2.05, 4.69) is 21.2 Å². The number of nitrogens with one attached hydrogen (secondary N) is 1. The highest BCUT2D eigenvalue weighted by Crippen LogP contribution is 2.24. The minimum Gasteiger partial charge on any atom is -0.494 e. The van der Waals surface area contributed by atoms with Crippen LogP contribution in [0.5, 0.6) is 5.75 Å². The second kappa shape index (κ2) is 8.39. The monoisotopic (exact) mass is 355 g/mol. The molecular weight excluding hydrogens is 334 g/mol. The third kappa shape index (κ3) is 5.67. The van der Waals surface area contributed by atoms with Gasteiger partial charge >= 0.3 is 0 Å². The summed E-state index contributed by atoms with van der Waals surface area (Å²) in [7, 11) is 0. The molecule has 4 nitrogen and oxygen atoms in total. The van der Waals surface area contributed by atoms with Crippen LogP contribution in [0.15, 0.2) is 28.7 Å². The molecule has 0 saturated heterocycles. The number of hydrogen-bond acceptors (Lipinski definition) is 3. The van der Waals surface area contributed by atoms with Crippen LogP contribution in [0.3, 0.4) is 0 Å². The first-order valence-electron chi connectivity index (χ1n) is 7.48. The Morgan fingerprint density at radius 3 is 2.76 bits per heavy atom. The molecule has 1 amide bonds. The highest BCUT2D eigenvalue weighted by molar-refractivity contribution is 9.10. The molecule has 0 heterocycles. The van der Waals surface area contributed by atoms with Crippen LogP contribution in [-0.2, 0) is 4.79 Å². The van der Waals surface area contributed by atoms with Crippen LogP contribution in [0, 0.1) is 5.92 Å².